The second-order valence-electron chi connectivity index (χ2n) is 6.97. The number of nitrogens with one attached hydrogen (secondary N) is 1. The van der Waals surface area contributed by atoms with Crippen molar-refractivity contribution in [1.82, 2.24) is 0 Å². The average molecular weight is 345 g/mol. The molecule has 0 amide bonds. The normalized spacial score (nSPS) is 19.0. The van der Waals surface area contributed by atoms with Crippen molar-refractivity contribution in [2.45, 2.75) is 45.6 Å². The van der Waals surface area contributed by atoms with E-state index in [1.807, 2.05) is 0 Å². The Morgan fingerprint density at radius 1 is 1.24 bits per heavy atom. The largest absolute Gasteiger partial charge is 0.465 e. The SMILES string of the molecule is COCC1(CCC(C)=C(C)C)CC(=O)c2cc(C(=O)OC)ccc2N1. The van der Waals surface area contributed by atoms with Gasteiger partial charge in [-0.15, -0.1) is 0 Å². The van der Waals surface area contributed by atoms with Crippen LogP contribution in [0.25, 0.3) is 0 Å². The number of fused-ring (bicyclic) bond motifs is 1. The number of ketones is 1. The van der Waals surface area contributed by atoms with Crippen molar-refractivity contribution < 1.29 is 19.1 Å². The molecule has 0 fully saturated rings. The number of esters is 1. The van der Waals surface area contributed by atoms with Crippen LogP contribution in [-0.4, -0.2) is 38.1 Å². The molecule has 1 unspecified atom stereocenters. The van der Waals surface area contributed by atoms with E-state index in [1.54, 1.807) is 25.3 Å². The molecule has 0 bridgehead atoms. The Bertz CT molecular complexity index is 704. The smallest absolute Gasteiger partial charge is 0.337 e. The highest BCUT2D eigenvalue weighted by atomic mass is 16.5. The first-order chi connectivity index (χ1) is 11.8. The Hall–Kier alpha value is -2.14. The van der Waals surface area contributed by atoms with E-state index in [4.69, 9.17) is 9.47 Å². The summed E-state index contributed by atoms with van der Waals surface area (Å²) in [6.07, 6.45) is 2.05. The Morgan fingerprint density at radius 3 is 2.56 bits per heavy atom. The van der Waals surface area contributed by atoms with E-state index in [-0.39, 0.29) is 5.78 Å². The van der Waals surface area contributed by atoms with E-state index in [9.17, 15) is 9.59 Å². The number of ether oxygens (including phenoxy) is 2. The minimum Gasteiger partial charge on any atom is -0.465 e. The van der Waals surface area contributed by atoms with Crippen LogP contribution >= 0.6 is 0 Å². The molecule has 2 rings (SSSR count). The van der Waals surface area contributed by atoms with Crippen molar-refractivity contribution in [2.24, 2.45) is 0 Å². The highest BCUT2D eigenvalue weighted by Crippen LogP contribution is 2.35. The van der Waals surface area contributed by atoms with E-state index in [0.717, 1.165) is 18.5 Å². The molecule has 1 heterocycles. The quantitative estimate of drug-likeness (QED) is 0.624. The van der Waals surface area contributed by atoms with E-state index in [1.165, 1.54) is 18.3 Å². The molecule has 5 heteroatoms. The molecule has 1 aromatic carbocycles. The van der Waals surface area contributed by atoms with Gasteiger partial charge in [0, 0.05) is 24.8 Å². The molecule has 0 aromatic heterocycles. The van der Waals surface area contributed by atoms with Crippen LogP contribution in [0.2, 0.25) is 0 Å². The van der Waals surface area contributed by atoms with Crippen LogP contribution in [0.3, 0.4) is 0 Å². The summed E-state index contributed by atoms with van der Waals surface area (Å²) in [6, 6.07) is 5.06. The number of carbonyl (C=O) groups is 2. The van der Waals surface area contributed by atoms with Gasteiger partial charge >= 0.3 is 5.97 Å². The molecule has 25 heavy (non-hydrogen) atoms. The summed E-state index contributed by atoms with van der Waals surface area (Å²) in [7, 11) is 2.98. The van der Waals surface area contributed by atoms with Crippen LogP contribution in [0.1, 0.15) is 60.7 Å². The summed E-state index contributed by atoms with van der Waals surface area (Å²) < 4.78 is 10.1. The molecule has 1 N–H and O–H groups in total. The highest BCUT2D eigenvalue weighted by Gasteiger charge is 2.38. The Morgan fingerprint density at radius 2 is 1.96 bits per heavy atom. The van der Waals surface area contributed by atoms with Crippen molar-refractivity contribution >= 4 is 17.4 Å². The molecule has 136 valence electrons. The van der Waals surface area contributed by atoms with Crippen molar-refractivity contribution in [2.75, 3.05) is 26.1 Å². The fraction of sp³-hybridized carbons (Fsp3) is 0.500. The predicted molar refractivity (Wildman–Crippen MR) is 98.2 cm³/mol. The molecule has 1 atom stereocenters. The lowest BCUT2D eigenvalue weighted by Crippen LogP contribution is -2.48. The van der Waals surface area contributed by atoms with Gasteiger partial charge in [0.2, 0.25) is 0 Å². The van der Waals surface area contributed by atoms with Crippen molar-refractivity contribution in [3.05, 3.63) is 40.5 Å². The Labute approximate surface area is 149 Å². The number of Topliss-reactive ketones (excluding diaryl/α,β-unsaturated/α-hetero) is 1. The van der Waals surface area contributed by atoms with Gasteiger partial charge in [-0.1, -0.05) is 11.1 Å². The zero-order valence-electron chi connectivity index (χ0n) is 15.7. The second kappa shape index (κ2) is 7.83. The first-order valence-corrected chi connectivity index (χ1v) is 8.47. The van der Waals surface area contributed by atoms with Gasteiger partial charge in [0.05, 0.1) is 24.8 Å². The summed E-state index contributed by atoms with van der Waals surface area (Å²) in [5.74, 6) is -0.421. The first kappa shape index (κ1) is 19.2. The third-order valence-corrected chi connectivity index (χ3v) is 4.89. The van der Waals surface area contributed by atoms with Gasteiger partial charge in [0.15, 0.2) is 5.78 Å². The molecule has 0 aliphatic carbocycles. The maximum absolute atomic E-state index is 12.8. The van der Waals surface area contributed by atoms with Crippen molar-refractivity contribution in [3.8, 4) is 0 Å². The zero-order chi connectivity index (χ0) is 18.6. The van der Waals surface area contributed by atoms with Gasteiger partial charge in [-0.3, -0.25) is 4.79 Å². The van der Waals surface area contributed by atoms with Crippen LogP contribution < -0.4 is 5.32 Å². The predicted octanol–water partition coefficient (Wildman–Crippen LogP) is 3.99. The summed E-state index contributed by atoms with van der Waals surface area (Å²) in [5, 5.41) is 3.50. The summed E-state index contributed by atoms with van der Waals surface area (Å²) in [5.41, 5.74) is 3.87. The molecular formula is C20H27NO4. The highest BCUT2D eigenvalue weighted by molar-refractivity contribution is 6.06. The monoisotopic (exact) mass is 345 g/mol. The standard InChI is InChI=1S/C20H27NO4/c1-13(2)14(3)8-9-20(12-24-4)11-18(22)16-10-15(19(23)25-5)6-7-17(16)21-20/h6-7,10,21H,8-9,11-12H2,1-5H3. The number of methoxy groups -OCH3 is 2. The van der Waals surface area contributed by atoms with Crippen LogP contribution in [0.4, 0.5) is 5.69 Å². The van der Waals surface area contributed by atoms with Crippen LogP contribution in [0, 0.1) is 0 Å². The molecule has 0 saturated carbocycles. The number of anilines is 1. The number of allylic oxidation sites excluding steroid dienone is 2. The molecule has 0 spiro atoms. The van der Waals surface area contributed by atoms with E-state index >= 15 is 0 Å². The molecule has 1 aliphatic heterocycles. The maximum atomic E-state index is 12.8. The summed E-state index contributed by atoms with van der Waals surface area (Å²) >= 11 is 0. The molecule has 0 saturated heterocycles. The molecule has 5 nitrogen and oxygen atoms in total. The molecule has 0 radical (unpaired) electrons. The zero-order valence-corrected chi connectivity index (χ0v) is 15.7. The second-order valence-corrected chi connectivity index (χ2v) is 6.97. The van der Waals surface area contributed by atoms with Gasteiger partial charge in [0.1, 0.15) is 0 Å². The van der Waals surface area contributed by atoms with Crippen LogP contribution in [-0.2, 0) is 9.47 Å². The fourth-order valence-corrected chi connectivity index (χ4v) is 3.12. The first-order valence-electron chi connectivity index (χ1n) is 8.47. The van der Waals surface area contributed by atoms with E-state index in [2.05, 4.69) is 26.1 Å². The lowest BCUT2D eigenvalue weighted by molar-refractivity contribution is 0.0600. The van der Waals surface area contributed by atoms with Crippen LogP contribution in [0.15, 0.2) is 29.3 Å². The van der Waals surface area contributed by atoms with Crippen molar-refractivity contribution in [1.29, 1.82) is 0 Å². The lowest BCUT2D eigenvalue weighted by atomic mass is 9.81. The summed E-state index contributed by atoms with van der Waals surface area (Å²) in [4.78, 5) is 24.5. The number of hydrogen-bond donors (Lipinski definition) is 1. The number of benzene rings is 1. The number of hydrogen-bond acceptors (Lipinski definition) is 5. The molecular weight excluding hydrogens is 318 g/mol. The average Bonchev–Trinajstić information content (AvgIpc) is 2.59. The minimum absolute atomic E-state index is 0.0198. The van der Waals surface area contributed by atoms with Gasteiger partial charge < -0.3 is 14.8 Å². The van der Waals surface area contributed by atoms with Gasteiger partial charge in [-0.2, -0.15) is 0 Å². The molecule has 1 aliphatic rings. The van der Waals surface area contributed by atoms with E-state index in [0.29, 0.717) is 24.2 Å². The Kier molecular flexibility index (Phi) is 6.01. The third-order valence-electron chi connectivity index (χ3n) is 4.89. The topological polar surface area (TPSA) is 64.6 Å². The third kappa shape index (κ3) is 4.28. The van der Waals surface area contributed by atoms with Gasteiger partial charge in [-0.25, -0.2) is 4.79 Å². The minimum atomic E-state index is -0.441. The van der Waals surface area contributed by atoms with Gasteiger partial charge in [-0.05, 0) is 51.8 Å². The maximum Gasteiger partial charge on any atom is 0.337 e. The summed E-state index contributed by atoms with van der Waals surface area (Å²) in [6.45, 7) is 6.77. The van der Waals surface area contributed by atoms with Crippen LogP contribution in [0.5, 0.6) is 0 Å². The lowest BCUT2D eigenvalue weighted by Gasteiger charge is -2.39. The number of carbonyl (C=O) groups excluding carboxylic acids is 2. The Balaban J connectivity index is 2.31. The fourth-order valence-electron chi connectivity index (χ4n) is 3.12. The molecule has 1 aromatic rings. The van der Waals surface area contributed by atoms with Gasteiger partial charge in [0.25, 0.3) is 0 Å². The van der Waals surface area contributed by atoms with Crippen molar-refractivity contribution in [3.63, 3.8) is 0 Å². The number of rotatable bonds is 6. The van der Waals surface area contributed by atoms with E-state index < -0.39 is 11.5 Å².